The van der Waals surface area contributed by atoms with Crippen molar-refractivity contribution in [1.29, 1.82) is 0 Å². The Hall–Kier alpha value is -3.00. The molecule has 4 rings (SSSR count). The Bertz CT molecular complexity index is 1000. The Morgan fingerprint density at radius 1 is 0.500 bits per heavy atom. The van der Waals surface area contributed by atoms with Gasteiger partial charge in [-0.2, -0.15) is 0 Å². The third-order valence-corrected chi connectivity index (χ3v) is 4.93. The van der Waals surface area contributed by atoms with Gasteiger partial charge in [0.25, 0.3) is 0 Å². The molecule has 1 aromatic heterocycles. The average molecular weight is 338 g/mol. The van der Waals surface area contributed by atoms with E-state index in [2.05, 4.69) is 88.4 Å². The summed E-state index contributed by atoms with van der Waals surface area (Å²) in [6.45, 7) is 8.44. The van der Waals surface area contributed by atoms with Gasteiger partial charge >= 0.3 is 0 Å². The number of aromatic nitrogens is 2. The molecule has 3 aromatic carbocycles. The SMILES string of the molecule is Cc1ccc(-c2nc3cc(C)c(C)cc3nc2-c2ccc(C)cc2)cc1. The molecule has 0 saturated heterocycles. The third-order valence-electron chi connectivity index (χ3n) is 4.93. The summed E-state index contributed by atoms with van der Waals surface area (Å²) >= 11 is 0. The van der Waals surface area contributed by atoms with Gasteiger partial charge in [-0.25, -0.2) is 9.97 Å². The second kappa shape index (κ2) is 6.38. The van der Waals surface area contributed by atoms with Crippen LogP contribution in [0.25, 0.3) is 33.5 Å². The lowest BCUT2D eigenvalue weighted by molar-refractivity contribution is 1.26. The molecule has 0 aliphatic rings. The molecule has 0 amide bonds. The van der Waals surface area contributed by atoms with Crippen molar-refractivity contribution in [3.63, 3.8) is 0 Å². The zero-order valence-corrected chi connectivity index (χ0v) is 15.7. The summed E-state index contributed by atoms with van der Waals surface area (Å²) in [7, 11) is 0. The molecule has 0 fully saturated rings. The summed E-state index contributed by atoms with van der Waals surface area (Å²) in [4.78, 5) is 10.0. The highest BCUT2D eigenvalue weighted by atomic mass is 14.8. The van der Waals surface area contributed by atoms with E-state index in [9.17, 15) is 0 Å². The molecule has 26 heavy (non-hydrogen) atoms. The van der Waals surface area contributed by atoms with Crippen molar-refractivity contribution < 1.29 is 0 Å². The number of rotatable bonds is 2. The Morgan fingerprint density at radius 3 is 1.19 bits per heavy atom. The van der Waals surface area contributed by atoms with E-state index in [1.807, 2.05) is 0 Å². The summed E-state index contributed by atoms with van der Waals surface area (Å²) in [5.41, 5.74) is 10.9. The summed E-state index contributed by atoms with van der Waals surface area (Å²) in [5.74, 6) is 0. The summed E-state index contributed by atoms with van der Waals surface area (Å²) in [5, 5.41) is 0. The van der Waals surface area contributed by atoms with Crippen molar-refractivity contribution in [3.8, 4) is 22.5 Å². The Labute approximate surface area is 154 Å². The minimum absolute atomic E-state index is 0.935. The van der Waals surface area contributed by atoms with Crippen LogP contribution in [-0.2, 0) is 0 Å². The molecule has 0 atom stereocenters. The van der Waals surface area contributed by atoms with Crippen LogP contribution in [0.3, 0.4) is 0 Å². The second-order valence-corrected chi connectivity index (χ2v) is 7.08. The van der Waals surface area contributed by atoms with Crippen molar-refractivity contribution >= 4 is 11.0 Å². The van der Waals surface area contributed by atoms with E-state index in [-0.39, 0.29) is 0 Å². The average Bonchev–Trinajstić information content (AvgIpc) is 2.63. The van der Waals surface area contributed by atoms with E-state index < -0.39 is 0 Å². The summed E-state index contributed by atoms with van der Waals surface area (Å²) < 4.78 is 0. The number of benzene rings is 3. The van der Waals surface area contributed by atoms with Crippen LogP contribution in [-0.4, -0.2) is 9.97 Å². The van der Waals surface area contributed by atoms with Crippen molar-refractivity contribution in [1.82, 2.24) is 9.97 Å². The van der Waals surface area contributed by atoms with E-state index in [0.717, 1.165) is 33.5 Å². The molecular formula is C24H22N2. The molecule has 2 heteroatoms. The highest BCUT2D eigenvalue weighted by Gasteiger charge is 2.14. The van der Waals surface area contributed by atoms with Gasteiger partial charge < -0.3 is 0 Å². The van der Waals surface area contributed by atoms with Gasteiger partial charge in [0.1, 0.15) is 0 Å². The first kappa shape index (κ1) is 16.5. The van der Waals surface area contributed by atoms with Crippen LogP contribution in [0, 0.1) is 27.7 Å². The van der Waals surface area contributed by atoms with Crippen molar-refractivity contribution in [3.05, 3.63) is 82.9 Å². The minimum atomic E-state index is 0.935. The highest BCUT2D eigenvalue weighted by Crippen LogP contribution is 2.32. The van der Waals surface area contributed by atoms with Crippen LogP contribution in [0.5, 0.6) is 0 Å². The molecule has 4 aromatic rings. The van der Waals surface area contributed by atoms with E-state index in [4.69, 9.17) is 9.97 Å². The molecular weight excluding hydrogens is 316 g/mol. The lowest BCUT2D eigenvalue weighted by Crippen LogP contribution is -1.97. The fourth-order valence-corrected chi connectivity index (χ4v) is 3.14. The van der Waals surface area contributed by atoms with E-state index >= 15 is 0 Å². The fourth-order valence-electron chi connectivity index (χ4n) is 3.14. The standard InChI is InChI=1S/C24H22N2/c1-15-5-9-19(10-6-15)23-24(20-11-7-16(2)8-12-20)26-22-14-18(4)17(3)13-21(22)25-23/h5-14H,1-4H3. The van der Waals surface area contributed by atoms with E-state index in [1.54, 1.807) is 0 Å². The maximum absolute atomic E-state index is 5.01. The normalized spacial score (nSPS) is 11.1. The molecule has 0 aliphatic carbocycles. The van der Waals surface area contributed by atoms with Gasteiger partial charge in [0.2, 0.25) is 0 Å². The van der Waals surface area contributed by atoms with E-state index in [0.29, 0.717) is 0 Å². The molecule has 0 N–H and O–H groups in total. The summed E-state index contributed by atoms with van der Waals surface area (Å²) in [6, 6.07) is 21.3. The van der Waals surface area contributed by atoms with Gasteiger partial charge in [0.15, 0.2) is 0 Å². The van der Waals surface area contributed by atoms with Crippen molar-refractivity contribution in [2.24, 2.45) is 0 Å². The van der Waals surface area contributed by atoms with Gasteiger partial charge in [-0.15, -0.1) is 0 Å². The lowest BCUT2D eigenvalue weighted by atomic mass is 10.0. The van der Waals surface area contributed by atoms with Gasteiger partial charge in [-0.1, -0.05) is 59.7 Å². The highest BCUT2D eigenvalue weighted by molar-refractivity contribution is 5.87. The van der Waals surface area contributed by atoms with Gasteiger partial charge in [0.05, 0.1) is 22.4 Å². The molecule has 2 nitrogen and oxygen atoms in total. The smallest absolute Gasteiger partial charge is 0.0973 e. The van der Waals surface area contributed by atoms with Crippen molar-refractivity contribution in [2.75, 3.05) is 0 Å². The summed E-state index contributed by atoms with van der Waals surface area (Å²) in [6.07, 6.45) is 0. The maximum atomic E-state index is 5.01. The van der Waals surface area contributed by atoms with Crippen LogP contribution in [0.15, 0.2) is 60.7 Å². The molecule has 128 valence electrons. The lowest BCUT2D eigenvalue weighted by Gasteiger charge is -2.12. The molecule has 0 radical (unpaired) electrons. The van der Waals surface area contributed by atoms with Crippen LogP contribution < -0.4 is 0 Å². The van der Waals surface area contributed by atoms with Crippen molar-refractivity contribution in [2.45, 2.75) is 27.7 Å². The minimum Gasteiger partial charge on any atom is -0.244 e. The maximum Gasteiger partial charge on any atom is 0.0973 e. The third kappa shape index (κ3) is 2.99. The largest absolute Gasteiger partial charge is 0.244 e. The first-order valence-corrected chi connectivity index (χ1v) is 8.94. The number of nitrogens with zero attached hydrogens (tertiary/aromatic N) is 2. The van der Waals surface area contributed by atoms with Crippen LogP contribution in [0.2, 0.25) is 0 Å². The quantitative estimate of drug-likeness (QED) is 0.435. The van der Waals surface area contributed by atoms with Gasteiger partial charge in [-0.3, -0.25) is 0 Å². The molecule has 0 bridgehead atoms. The topological polar surface area (TPSA) is 25.8 Å². The van der Waals surface area contributed by atoms with Crippen LogP contribution >= 0.6 is 0 Å². The predicted octanol–water partition coefficient (Wildman–Crippen LogP) is 6.20. The molecule has 0 saturated carbocycles. The predicted molar refractivity (Wildman–Crippen MR) is 109 cm³/mol. The number of aryl methyl sites for hydroxylation is 4. The Balaban J connectivity index is 2.02. The first-order chi connectivity index (χ1) is 12.5. The molecule has 0 aliphatic heterocycles. The van der Waals surface area contributed by atoms with Crippen LogP contribution in [0.1, 0.15) is 22.3 Å². The van der Waals surface area contributed by atoms with Crippen LogP contribution in [0.4, 0.5) is 0 Å². The fraction of sp³-hybridized carbons (Fsp3) is 0.167. The zero-order valence-electron chi connectivity index (χ0n) is 15.7. The molecule has 1 heterocycles. The number of fused-ring (bicyclic) bond motifs is 1. The number of hydrogen-bond donors (Lipinski definition) is 0. The molecule has 0 spiro atoms. The first-order valence-electron chi connectivity index (χ1n) is 8.94. The second-order valence-electron chi connectivity index (χ2n) is 7.08. The van der Waals surface area contributed by atoms with E-state index in [1.165, 1.54) is 22.3 Å². The number of hydrogen-bond acceptors (Lipinski definition) is 2. The van der Waals surface area contributed by atoms with Gasteiger partial charge in [0, 0.05) is 11.1 Å². The van der Waals surface area contributed by atoms with Gasteiger partial charge in [-0.05, 0) is 51.0 Å². The monoisotopic (exact) mass is 338 g/mol. The Kier molecular flexibility index (Phi) is 4.04. The molecule has 0 unspecified atom stereocenters. The zero-order chi connectivity index (χ0) is 18.3. The Morgan fingerprint density at radius 2 is 0.846 bits per heavy atom.